The van der Waals surface area contributed by atoms with Gasteiger partial charge in [0.25, 0.3) is 5.91 Å². The molecular formula is C21H24N2O4S. The van der Waals surface area contributed by atoms with E-state index in [0.29, 0.717) is 29.0 Å². The lowest BCUT2D eigenvalue weighted by molar-refractivity contribution is -0.139. The molecule has 1 aliphatic rings. The molecule has 1 aromatic heterocycles. The average Bonchev–Trinajstić information content (AvgIpc) is 3.14. The van der Waals surface area contributed by atoms with Gasteiger partial charge in [-0.2, -0.15) is 0 Å². The molecule has 7 heteroatoms. The van der Waals surface area contributed by atoms with Gasteiger partial charge >= 0.3 is 5.97 Å². The number of ether oxygens (including phenoxy) is 1. The van der Waals surface area contributed by atoms with E-state index in [9.17, 15) is 14.4 Å². The fourth-order valence-electron chi connectivity index (χ4n) is 3.57. The Balaban J connectivity index is 1.84. The number of primary amides is 1. The zero-order chi connectivity index (χ0) is 20.1. The Morgan fingerprint density at radius 3 is 2.36 bits per heavy atom. The Morgan fingerprint density at radius 1 is 1.07 bits per heavy atom. The molecule has 28 heavy (non-hydrogen) atoms. The van der Waals surface area contributed by atoms with Crippen LogP contribution < -0.4 is 5.73 Å². The van der Waals surface area contributed by atoms with Crippen LogP contribution in [0.3, 0.4) is 0 Å². The van der Waals surface area contributed by atoms with Gasteiger partial charge in [0, 0.05) is 16.5 Å². The number of thiazole rings is 1. The highest BCUT2D eigenvalue weighted by Gasteiger charge is 2.41. The third kappa shape index (κ3) is 4.30. The largest absolute Gasteiger partial charge is 0.444 e. The van der Waals surface area contributed by atoms with Crippen molar-refractivity contribution in [3.63, 3.8) is 0 Å². The highest BCUT2D eigenvalue weighted by Crippen LogP contribution is 2.32. The van der Waals surface area contributed by atoms with Gasteiger partial charge in [-0.15, -0.1) is 11.3 Å². The molecule has 0 saturated heterocycles. The van der Waals surface area contributed by atoms with E-state index >= 15 is 0 Å². The Morgan fingerprint density at radius 2 is 1.71 bits per heavy atom. The van der Waals surface area contributed by atoms with E-state index < -0.39 is 17.5 Å². The molecule has 3 rings (SSSR count). The first-order valence-electron chi connectivity index (χ1n) is 9.52. The molecule has 0 unspecified atom stereocenters. The lowest BCUT2D eigenvalue weighted by Crippen LogP contribution is -2.48. The predicted octanol–water partition coefficient (Wildman–Crippen LogP) is 4.14. The molecule has 1 amide bonds. The zero-order valence-corrected chi connectivity index (χ0v) is 16.7. The summed E-state index contributed by atoms with van der Waals surface area (Å²) in [5.74, 6) is -1.32. The van der Waals surface area contributed by atoms with Gasteiger partial charge in [0.1, 0.15) is 5.01 Å². The maximum atomic E-state index is 12.7. The first kappa shape index (κ1) is 20.2. The van der Waals surface area contributed by atoms with Crippen molar-refractivity contribution < 1.29 is 19.1 Å². The summed E-state index contributed by atoms with van der Waals surface area (Å²) in [7, 11) is 0. The standard InChI is InChI=1S/C21H24N2O4S/c1-14(24)15-9-5-6-10-16(15)18-23-17(13-28-18)19(25)27-21(20(22)26)11-7-3-2-4-8-12-21/h5-6,9-10,13H,2-4,7-8,11-12H2,1H3,(H2,22,26). The minimum atomic E-state index is -1.27. The smallest absolute Gasteiger partial charge is 0.358 e. The number of benzene rings is 1. The van der Waals surface area contributed by atoms with E-state index in [0.717, 1.165) is 32.1 Å². The molecule has 6 nitrogen and oxygen atoms in total. The highest BCUT2D eigenvalue weighted by molar-refractivity contribution is 7.13. The summed E-state index contributed by atoms with van der Waals surface area (Å²) in [5.41, 5.74) is 5.71. The van der Waals surface area contributed by atoms with Crippen LogP contribution >= 0.6 is 11.3 Å². The van der Waals surface area contributed by atoms with Gasteiger partial charge in [-0.1, -0.05) is 43.5 Å². The number of hydrogen-bond acceptors (Lipinski definition) is 6. The van der Waals surface area contributed by atoms with E-state index in [-0.39, 0.29) is 11.5 Å². The third-order valence-electron chi connectivity index (χ3n) is 5.15. The van der Waals surface area contributed by atoms with Gasteiger partial charge in [-0.25, -0.2) is 9.78 Å². The number of aromatic nitrogens is 1. The maximum absolute atomic E-state index is 12.7. The van der Waals surface area contributed by atoms with Crippen LogP contribution in [-0.2, 0) is 9.53 Å². The first-order valence-corrected chi connectivity index (χ1v) is 10.4. The number of carbonyl (C=O) groups excluding carboxylic acids is 3. The quantitative estimate of drug-likeness (QED) is 0.601. The van der Waals surface area contributed by atoms with Crippen LogP contribution in [-0.4, -0.2) is 28.2 Å². The van der Waals surface area contributed by atoms with E-state index in [2.05, 4.69) is 4.98 Å². The summed E-state index contributed by atoms with van der Waals surface area (Å²) in [5, 5.41) is 2.15. The summed E-state index contributed by atoms with van der Waals surface area (Å²) in [4.78, 5) is 41.1. The SMILES string of the molecule is CC(=O)c1ccccc1-c1nc(C(=O)OC2(C(N)=O)CCCCCCC2)cs1. The van der Waals surface area contributed by atoms with E-state index in [1.807, 2.05) is 6.07 Å². The second-order valence-corrected chi connectivity index (χ2v) is 8.01. The Kier molecular flexibility index (Phi) is 6.24. The Bertz CT molecular complexity index is 882. The summed E-state index contributed by atoms with van der Waals surface area (Å²) in [6, 6.07) is 7.13. The maximum Gasteiger partial charge on any atom is 0.358 e. The van der Waals surface area contributed by atoms with Crippen molar-refractivity contribution in [3.8, 4) is 10.6 Å². The molecule has 0 atom stereocenters. The summed E-state index contributed by atoms with van der Waals surface area (Å²) < 4.78 is 5.65. The number of hydrogen-bond donors (Lipinski definition) is 1. The van der Waals surface area contributed by atoms with Crippen molar-refractivity contribution >= 4 is 29.0 Å². The van der Waals surface area contributed by atoms with Crippen molar-refractivity contribution in [1.82, 2.24) is 4.98 Å². The lowest BCUT2D eigenvalue weighted by atomic mass is 9.86. The van der Waals surface area contributed by atoms with Gasteiger partial charge in [-0.05, 0) is 32.6 Å². The minimum Gasteiger partial charge on any atom is -0.444 e. The molecule has 1 saturated carbocycles. The second-order valence-electron chi connectivity index (χ2n) is 7.16. The molecule has 148 valence electrons. The van der Waals surface area contributed by atoms with Gasteiger partial charge in [-0.3, -0.25) is 9.59 Å². The summed E-state index contributed by atoms with van der Waals surface area (Å²) in [6.07, 6.45) is 5.59. The van der Waals surface area contributed by atoms with Crippen molar-refractivity contribution in [1.29, 1.82) is 0 Å². The minimum absolute atomic E-state index is 0.0721. The fourth-order valence-corrected chi connectivity index (χ4v) is 4.40. The number of amides is 1. The van der Waals surface area contributed by atoms with E-state index in [1.165, 1.54) is 18.3 Å². The van der Waals surface area contributed by atoms with Crippen LogP contribution in [0.25, 0.3) is 10.6 Å². The van der Waals surface area contributed by atoms with Gasteiger partial charge < -0.3 is 10.5 Å². The van der Waals surface area contributed by atoms with E-state index in [4.69, 9.17) is 10.5 Å². The summed E-state index contributed by atoms with van der Waals surface area (Å²) in [6.45, 7) is 1.49. The number of nitrogens with zero attached hydrogens (tertiary/aromatic N) is 1. The Labute approximate surface area is 168 Å². The van der Waals surface area contributed by atoms with Gasteiger partial charge in [0.2, 0.25) is 0 Å². The normalized spacial score (nSPS) is 16.6. The molecule has 1 fully saturated rings. The number of nitrogens with two attached hydrogens (primary N) is 1. The van der Waals surface area contributed by atoms with Crippen LogP contribution in [0.2, 0.25) is 0 Å². The molecular weight excluding hydrogens is 376 g/mol. The number of esters is 1. The molecule has 0 bridgehead atoms. The first-order chi connectivity index (χ1) is 13.4. The van der Waals surface area contributed by atoms with Crippen LogP contribution in [0, 0.1) is 0 Å². The van der Waals surface area contributed by atoms with Crippen molar-refractivity contribution in [2.24, 2.45) is 5.73 Å². The van der Waals surface area contributed by atoms with Crippen LogP contribution in [0.1, 0.15) is 72.7 Å². The van der Waals surface area contributed by atoms with Crippen molar-refractivity contribution in [3.05, 3.63) is 40.9 Å². The Hall–Kier alpha value is -2.54. The molecule has 1 aliphatic carbocycles. The molecule has 1 heterocycles. The average molecular weight is 401 g/mol. The lowest BCUT2D eigenvalue weighted by Gasteiger charge is -2.31. The zero-order valence-electron chi connectivity index (χ0n) is 15.9. The van der Waals surface area contributed by atoms with Crippen molar-refractivity contribution in [2.75, 3.05) is 0 Å². The van der Waals surface area contributed by atoms with Crippen LogP contribution in [0.15, 0.2) is 29.6 Å². The topological polar surface area (TPSA) is 99.3 Å². The molecule has 0 radical (unpaired) electrons. The van der Waals surface area contributed by atoms with Gasteiger partial charge in [0.15, 0.2) is 17.1 Å². The summed E-state index contributed by atoms with van der Waals surface area (Å²) >= 11 is 1.26. The fraction of sp³-hybridized carbons (Fsp3) is 0.429. The number of rotatable bonds is 5. The van der Waals surface area contributed by atoms with Gasteiger partial charge in [0.05, 0.1) is 0 Å². The number of carbonyl (C=O) groups is 3. The number of Topliss-reactive ketones (excluding diaryl/α,β-unsaturated/α-hetero) is 1. The second kappa shape index (κ2) is 8.65. The number of ketones is 1. The van der Waals surface area contributed by atoms with Crippen LogP contribution in [0.5, 0.6) is 0 Å². The van der Waals surface area contributed by atoms with Crippen molar-refractivity contribution in [2.45, 2.75) is 57.5 Å². The molecule has 0 spiro atoms. The van der Waals surface area contributed by atoms with E-state index in [1.54, 1.807) is 23.6 Å². The molecule has 1 aromatic carbocycles. The molecule has 0 aliphatic heterocycles. The highest BCUT2D eigenvalue weighted by atomic mass is 32.1. The molecule has 2 aromatic rings. The third-order valence-corrected chi connectivity index (χ3v) is 6.02. The predicted molar refractivity (Wildman–Crippen MR) is 107 cm³/mol. The molecule has 2 N–H and O–H groups in total. The van der Waals surface area contributed by atoms with Crippen LogP contribution in [0.4, 0.5) is 0 Å². The monoisotopic (exact) mass is 400 g/mol.